The summed E-state index contributed by atoms with van der Waals surface area (Å²) in [6.45, 7) is 8.13. The Morgan fingerprint density at radius 1 is 1.33 bits per heavy atom. The quantitative estimate of drug-likeness (QED) is 0.584. The number of nitrogen functional groups attached to an aromatic ring is 1. The average molecular weight is 349 g/mol. The molecule has 130 valence electrons. The summed E-state index contributed by atoms with van der Waals surface area (Å²) in [7, 11) is 0. The Labute approximate surface area is 145 Å². The number of nitrogens with two attached hydrogens (primary N) is 2. The second kappa shape index (κ2) is 7.57. The third-order valence-electron chi connectivity index (χ3n) is 3.57. The lowest BCUT2D eigenvalue weighted by Crippen LogP contribution is -2.24. The van der Waals surface area contributed by atoms with Crippen LogP contribution in [-0.4, -0.2) is 26.0 Å². The molecule has 0 saturated heterocycles. The molecular formula is C16H23N5O2S. The molecule has 1 unspecified atom stereocenters. The Balaban J connectivity index is 2.12. The van der Waals surface area contributed by atoms with Crippen molar-refractivity contribution in [2.45, 2.75) is 50.6 Å². The molecule has 2 rings (SSSR count). The zero-order valence-corrected chi connectivity index (χ0v) is 15.1. The predicted octanol–water partition coefficient (Wildman–Crippen LogP) is 1.97. The van der Waals surface area contributed by atoms with E-state index in [0.29, 0.717) is 16.9 Å². The van der Waals surface area contributed by atoms with Gasteiger partial charge < -0.3 is 16.3 Å². The predicted molar refractivity (Wildman–Crippen MR) is 94.3 cm³/mol. The van der Waals surface area contributed by atoms with Crippen LogP contribution >= 0.6 is 11.8 Å². The van der Waals surface area contributed by atoms with Crippen molar-refractivity contribution >= 4 is 17.7 Å². The van der Waals surface area contributed by atoms with E-state index < -0.39 is 11.2 Å². The number of nitrogens with zero attached hydrogens (tertiary/aromatic N) is 3. The van der Waals surface area contributed by atoms with Gasteiger partial charge in [0.15, 0.2) is 5.82 Å². The molecule has 4 N–H and O–H groups in total. The highest BCUT2D eigenvalue weighted by molar-refractivity contribution is 8.00. The Hall–Kier alpha value is -2.22. The zero-order chi connectivity index (χ0) is 17.9. The molecule has 0 spiro atoms. The average Bonchev–Trinajstić information content (AvgIpc) is 2.85. The van der Waals surface area contributed by atoms with Crippen molar-refractivity contribution in [3.05, 3.63) is 35.2 Å². The first-order valence-corrected chi connectivity index (χ1v) is 8.56. The highest BCUT2D eigenvalue weighted by Gasteiger charge is 2.18. The van der Waals surface area contributed by atoms with Gasteiger partial charge in [-0.15, -0.1) is 10.2 Å². The number of benzene rings is 1. The molecule has 0 aliphatic heterocycles. The van der Waals surface area contributed by atoms with Crippen molar-refractivity contribution in [1.29, 1.82) is 0 Å². The summed E-state index contributed by atoms with van der Waals surface area (Å²) in [5.41, 5.74) is 7.50. The summed E-state index contributed by atoms with van der Waals surface area (Å²) in [6, 6.07) is 6.13. The van der Waals surface area contributed by atoms with Crippen molar-refractivity contribution < 1.29 is 9.53 Å². The van der Waals surface area contributed by atoms with Crippen LogP contribution < -0.4 is 16.3 Å². The van der Waals surface area contributed by atoms with E-state index in [0.717, 1.165) is 16.9 Å². The van der Waals surface area contributed by atoms with Crippen molar-refractivity contribution in [2.24, 2.45) is 5.73 Å². The summed E-state index contributed by atoms with van der Waals surface area (Å²) in [5.74, 6) is 7.19. The third-order valence-corrected chi connectivity index (χ3v) is 4.64. The highest BCUT2D eigenvalue weighted by atomic mass is 32.2. The fourth-order valence-electron chi connectivity index (χ4n) is 2.09. The van der Waals surface area contributed by atoms with Crippen molar-refractivity contribution in [1.82, 2.24) is 14.9 Å². The number of carbonyl (C=O) groups excluding carboxylic acids is 1. The number of carbonyl (C=O) groups is 1. The van der Waals surface area contributed by atoms with Gasteiger partial charge in [-0.25, -0.2) is 4.68 Å². The zero-order valence-electron chi connectivity index (χ0n) is 14.3. The van der Waals surface area contributed by atoms with E-state index in [1.165, 1.54) is 16.4 Å². The normalized spacial score (nSPS) is 12.4. The molecule has 1 heterocycles. The van der Waals surface area contributed by atoms with Crippen LogP contribution in [0.25, 0.3) is 0 Å². The van der Waals surface area contributed by atoms with E-state index in [1.807, 2.05) is 13.0 Å². The molecule has 0 fully saturated rings. The van der Waals surface area contributed by atoms with E-state index in [9.17, 15) is 4.79 Å². The second-order valence-corrected chi connectivity index (χ2v) is 7.22. The number of ether oxygens (including phenoxy) is 1. The standard InChI is InChI=1S/C16H23N5O2S/c1-9(2)12-6-5-10(3)7-13(12)23-8-14-19-20-16(21(14)18)24-11(4)15(17)22/h5-7,9,11H,8,18H2,1-4H3,(H2,17,22). The van der Waals surface area contributed by atoms with Crippen LogP contribution in [0.4, 0.5) is 0 Å². The smallest absolute Gasteiger partial charge is 0.230 e. The van der Waals surface area contributed by atoms with Crippen LogP contribution in [0.1, 0.15) is 43.6 Å². The van der Waals surface area contributed by atoms with Gasteiger partial charge in [0.1, 0.15) is 12.4 Å². The lowest BCUT2D eigenvalue weighted by atomic mass is 10.0. The van der Waals surface area contributed by atoms with Crippen LogP contribution in [0.3, 0.4) is 0 Å². The summed E-state index contributed by atoms with van der Waals surface area (Å²) in [6.07, 6.45) is 0. The highest BCUT2D eigenvalue weighted by Crippen LogP contribution is 2.28. The summed E-state index contributed by atoms with van der Waals surface area (Å²) >= 11 is 1.17. The molecule has 0 aliphatic rings. The summed E-state index contributed by atoms with van der Waals surface area (Å²) < 4.78 is 7.24. The summed E-state index contributed by atoms with van der Waals surface area (Å²) in [5, 5.41) is 8.01. The number of aryl methyl sites for hydroxylation is 1. The molecule has 7 nitrogen and oxygen atoms in total. The number of amides is 1. The minimum absolute atomic E-state index is 0.193. The molecular weight excluding hydrogens is 326 g/mol. The Morgan fingerprint density at radius 3 is 2.67 bits per heavy atom. The minimum atomic E-state index is -0.436. The lowest BCUT2D eigenvalue weighted by molar-refractivity contribution is -0.117. The molecule has 0 bridgehead atoms. The number of thioether (sulfide) groups is 1. The van der Waals surface area contributed by atoms with E-state index >= 15 is 0 Å². The molecule has 8 heteroatoms. The number of rotatable bonds is 7. The van der Waals surface area contributed by atoms with Gasteiger partial charge >= 0.3 is 0 Å². The van der Waals surface area contributed by atoms with Crippen LogP contribution in [0.5, 0.6) is 5.75 Å². The van der Waals surface area contributed by atoms with Gasteiger partial charge in [0, 0.05) is 0 Å². The Morgan fingerprint density at radius 2 is 2.04 bits per heavy atom. The van der Waals surface area contributed by atoms with Crippen molar-refractivity contribution in [2.75, 3.05) is 5.84 Å². The fraction of sp³-hybridized carbons (Fsp3) is 0.438. The van der Waals surface area contributed by atoms with Gasteiger partial charge in [0.05, 0.1) is 5.25 Å². The van der Waals surface area contributed by atoms with Gasteiger partial charge in [-0.05, 0) is 37.0 Å². The van der Waals surface area contributed by atoms with Gasteiger partial charge in [-0.3, -0.25) is 4.79 Å². The van der Waals surface area contributed by atoms with Crippen LogP contribution in [-0.2, 0) is 11.4 Å². The van der Waals surface area contributed by atoms with Gasteiger partial charge in [0.2, 0.25) is 11.1 Å². The molecule has 1 atom stereocenters. The Bertz CT molecular complexity index is 729. The van der Waals surface area contributed by atoms with Crippen molar-refractivity contribution in [3.63, 3.8) is 0 Å². The summed E-state index contributed by atoms with van der Waals surface area (Å²) in [4.78, 5) is 11.1. The largest absolute Gasteiger partial charge is 0.485 e. The molecule has 0 saturated carbocycles. The van der Waals surface area contributed by atoms with Gasteiger partial charge in [-0.1, -0.05) is 37.7 Å². The van der Waals surface area contributed by atoms with Crippen LogP contribution in [0, 0.1) is 6.92 Å². The topological polar surface area (TPSA) is 109 Å². The maximum atomic E-state index is 11.1. The fourth-order valence-corrected chi connectivity index (χ4v) is 2.83. The molecule has 24 heavy (non-hydrogen) atoms. The molecule has 1 amide bonds. The number of aromatic nitrogens is 3. The van der Waals surface area contributed by atoms with Crippen molar-refractivity contribution in [3.8, 4) is 5.75 Å². The first-order valence-electron chi connectivity index (χ1n) is 7.68. The van der Waals surface area contributed by atoms with E-state index in [1.54, 1.807) is 6.92 Å². The third kappa shape index (κ3) is 4.19. The van der Waals surface area contributed by atoms with E-state index in [2.05, 4.69) is 36.2 Å². The number of hydrogen-bond donors (Lipinski definition) is 2. The molecule has 1 aromatic heterocycles. The monoisotopic (exact) mass is 349 g/mol. The first kappa shape index (κ1) is 18.1. The molecule has 2 aromatic rings. The van der Waals surface area contributed by atoms with Crippen LogP contribution in [0.2, 0.25) is 0 Å². The maximum Gasteiger partial charge on any atom is 0.230 e. The maximum absolute atomic E-state index is 11.1. The molecule has 1 aromatic carbocycles. The van der Waals surface area contributed by atoms with Crippen LogP contribution in [0.15, 0.2) is 23.4 Å². The lowest BCUT2D eigenvalue weighted by Gasteiger charge is -2.14. The van der Waals surface area contributed by atoms with Gasteiger partial charge in [0.25, 0.3) is 0 Å². The number of hydrogen-bond acceptors (Lipinski definition) is 6. The first-order chi connectivity index (χ1) is 11.3. The second-order valence-electron chi connectivity index (χ2n) is 5.92. The SMILES string of the molecule is Cc1ccc(C(C)C)c(OCc2nnc(SC(C)C(N)=O)n2N)c1. The molecule has 0 aliphatic carbocycles. The Kier molecular flexibility index (Phi) is 5.71. The van der Waals surface area contributed by atoms with E-state index in [4.69, 9.17) is 16.3 Å². The number of primary amides is 1. The minimum Gasteiger partial charge on any atom is -0.485 e. The van der Waals surface area contributed by atoms with E-state index in [-0.39, 0.29) is 6.61 Å². The van der Waals surface area contributed by atoms with Gasteiger partial charge in [-0.2, -0.15) is 0 Å². The molecule has 0 radical (unpaired) electrons.